The molecule has 0 saturated heterocycles. The van der Waals surface area contributed by atoms with Crippen molar-refractivity contribution in [3.63, 3.8) is 0 Å². The lowest BCUT2D eigenvalue weighted by Gasteiger charge is -2.17. The highest BCUT2D eigenvalue weighted by Crippen LogP contribution is 2.28. The number of nitrogens with zero attached hydrogens (tertiary/aromatic N) is 3. The third-order valence-electron chi connectivity index (χ3n) is 2.99. The summed E-state index contributed by atoms with van der Waals surface area (Å²) >= 11 is 1.49. The standard InChI is InChI=1S/C14H20N4S/c1-4-15-12(9-11-7-5-6-8-16-11)14-13(10(2)3)17-18-19-14/h5-8,10,12,15H,4,9H2,1-3H3. The molecular weight excluding hydrogens is 256 g/mol. The molecule has 0 amide bonds. The van der Waals surface area contributed by atoms with Crippen LogP contribution in [0.2, 0.25) is 0 Å². The smallest absolute Gasteiger partial charge is 0.0829 e. The molecule has 0 fully saturated rings. The van der Waals surface area contributed by atoms with Crippen molar-refractivity contribution in [2.45, 2.75) is 39.2 Å². The molecule has 1 unspecified atom stereocenters. The van der Waals surface area contributed by atoms with Gasteiger partial charge in [-0.2, -0.15) is 0 Å². The first-order valence-electron chi connectivity index (χ1n) is 6.67. The van der Waals surface area contributed by atoms with Crippen molar-refractivity contribution < 1.29 is 0 Å². The largest absolute Gasteiger partial charge is 0.309 e. The maximum Gasteiger partial charge on any atom is 0.0829 e. The fraction of sp³-hybridized carbons (Fsp3) is 0.500. The minimum absolute atomic E-state index is 0.248. The van der Waals surface area contributed by atoms with Gasteiger partial charge in [-0.3, -0.25) is 4.98 Å². The second kappa shape index (κ2) is 6.73. The Labute approximate surface area is 118 Å². The SMILES string of the molecule is CCNC(Cc1ccccn1)c1snnc1C(C)C. The van der Waals surface area contributed by atoms with Gasteiger partial charge in [0.1, 0.15) is 0 Å². The molecule has 0 aliphatic heterocycles. The predicted octanol–water partition coefficient (Wildman–Crippen LogP) is 2.95. The quantitative estimate of drug-likeness (QED) is 0.881. The van der Waals surface area contributed by atoms with Crippen LogP contribution < -0.4 is 5.32 Å². The molecule has 0 radical (unpaired) electrons. The molecule has 1 N–H and O–H groups in total. The number of hydrogen-bond donors (Lipinski definition) is 1. The van der Waals surface area contributed by atoms with Gasteiger partial charge >= 0.3 is 0 Å². The van der Waals surface area contributed by atoms with Crippen molar-refractivity contribution in [1.82, 2.24) is 19.9 Å². The molecule has 0 aliphatic carbocycles. The predicted molar refractivity (Wildman–Crippen MR) is 78.4 cm³/mol. The number of nitrogens with one attached hydrogen (secondary N) is 1. The first-order chi connectivity index (χ1) is 9.22. The molecule has 2 rings (SSSR count). The maximum atomic E-state index is 4.41. The summed E-state index contributed by atoms with van der Waals surface area (Å²) in [6.45, 7) is 7.36. The average Bonchev–Trinajstić information content (AvgIpc) is 2.89. The topological polar surface area (TPSA) is 50.7 Å². The van der Waals surface area contributed by atoms with Crippen molar-refractivity contribution in [3.05, 3.63) is 40.7 Å². The van der Waals surface area contributed by atoms with E-state index in [9.17, 15) is 0 Å². The van der Waals surface area contributed by atoms with Gasteiger partial charge in [0, 0.05) is 18.3 Å². The Balaban J connectivity index is 2.22. The van der Waals surface area contributed by atoms with Gasteiger partial charge < -0.3 is 5.32 Å². The Bertz CT molecular complexity index is 495. The third-order valence-corrected chi connectivity index (χ3v) is 3.85. The summed E-state index contributed by atoms with van der Waals surface area (Å²) in [4.78, 5) is 5.65. The lowest BCUT2D eigenvalue weighted by atomic mass is 10.0. The zero-order chi connectivity index (χ0) is 13.7. The second-order valence-corrected chi connectivity index (χ2v) is 5.60. The maximum absolute atomic E-state index is 4.41. The van der Waals surface area contributed by atoms with Gasteiger partial charge in [0.2, 0.25) is 0 Å². The van der Waals surface area contributed by atoms with Crippen molar-refractivity contribution in [2.75, 3.05) is 6.54 Å². The highest BCUT2D eigenvalue weighted by atomic mass is 32.1. The number of likely N-dealkylation sites (N-methyl/N-ethyl adjacent to an activating group) is 1. The van der Waals surface area contributed by atoms with E-state index in [2.05, 4.69) is 46.7 Å². The fourth-order valence-corrected chi connectivity index (χ4v) is 2.96. The summed E-state index contributed by atoms with van der Waals surface area (Å²) < 4.78 is 4.12. The Morgan fingerprint density at radius 1 is 1.32 bits per heavy atom. The molecule has 0 spiro atoms. The average molecular weight is 276 g/mol. The molecule has 0 aliphatic rings. The minimum Gasteiger partial charge on any atom is -0.309 e. The van der Waals surface area contributed by atoms with Crippen molar-refractivity contribution >= 4 is 11.5 Å². The summed E-state index contributed by atoms with van der Waals surface area (Å²) in [5.41, 5.74) is 2.20. The van der Waals surface area contributed by atoms with Gasteiger partial charge in [0.15, 0.2) is 0 Å². The van der Waals surface area contributed by atoms with Gasteiger partial charge in [0.25, 0.3) is 0 Å². The van der Waals surface area contributed by atoms with Gasteiger partial charge in [-0.05, 0) is 36.1 Å². The van der Waals surface area contributed by atoms with Gasteiger partial charge in [-0.1, -0.05) is 31.3 Å². The molecule has 0 aromatic carbocycles. The summed E-state index contributed by atoms with van der Waals surface area (Å²) in [7, 11) is 0. The number of aromatic nitrogens is 3. The first-order valence-corrected chi connectivity index (χ1v) is 7.45. The van der Waals surface area contributed by atoms with Crippen LogP contribution in [0.15, 0.2) is 24.4 Å². The lowest BCUT2D eigenvalue weighted by Crippen LogP contribution is -2.23. The molecule has 19 heavy (non-hydrogen) atoms. The third kappa shape index (κ3) is 3.58. The number of hydrogen-bond acceptors (Lipinski definition) is 5. The highest BCUT2D eigenvalue weighted by Gasteiger charge is 2.21. The molecule has 0 saturated carbocycles. The molecule has 2 aromatic rings. The van der Waals surface area contributed by atoms with Crippen molar-refractivity contribution in [3.8, 4) is 0 Å². The van der Waals surface area contributed by atoms with Crippen LogP contribution in [-0.4, -0.2) is 21.1 Å². The molecule has 2 aromatic heterocycles. The zero-order valence-electron chi connectivity index (χ0n) is 11.6. The van der Waals surface area contributed by atoms with Crippen LogP contribution in [0.5, 0.6) is 0 Å². The Morgan fingerprint density at radius 2 is 2.16 bits per heavy atom. The summed E-state index contributed by atoms with van der Waals surface area (Å²) in [6.07, 6.45) is 2.71. The Morgan fingerprint density at radius 3 is 2.79 bits per heavy atom. The van der Waals surface area contributed by atoms with Crippen LogP contribution in [0.3, 0.4) is 0 Å². The summed E-state index contributed by atoms with van der Waals surface area (Å²) in [6, 6.07) is 6.28. The lowest BCUT2D eigenvalue weighted by molar-refractivity contribution is 0.543. The zero-order valence-corrected chi connectivity index (χ0v) is 12.4. The molecule has 2 heterocycles. The van der Waals surface area contributed by atoms with E-state index in [0.29, 0.717) is 5.92 Å². The van der Waals surface area contributed by atoms with Crippen LogP contribution in [0.4, 0.5) is 0 Å². The number of rotatable bonds is 6. The van der Waals surface area contributed by atoms with E-state index in [1.807, 2.05) is 18.3 Å². The van der Waals surface area contributed by atoms with Crippen molar-refractivity contribution in [2.24, 2.45) is 0 Å². The minimum atomic E-state index is 0.248. The normalized spacial score (nSPS) is 12.8. The van der Waals surface area contributed by atoms with Crippen LogP contribution in [-0.2, 0) is 6.42 Å². The molecular formula is C14H20N4S. The second-order valence-electron chi connectivity index (χ2n) is 4.81. The highest BCUT2D eigenvalue weighted by molar-refractivity contribution is 7.05. The van der Waals surface area contributed by atoms with Gasteiger partial charge in [-0.15, -0.1) is 5.10 Å². The van der Waals surface area contributed by atoms with E-state index in [0.717, 1.165) is 24.4 Å². The van der Waals surface area contributed by atoms with Crippen LogP contribution in [0, 0.1) is 0 Å². The van der Waals surface area contributed by atoms with Crippen LogP contribution in [0.1, 0.15) is 49.0 Å². The van der Waals surface area contributed by atoms with E-state index in [4.69, 9.17) is 0 Å². The molecule has 102 valence electrons. The van der Waals surface area contributed by atoms with Crippen LogP contribution in [0.25, 0.3) is 0 Å². The van der Waals surface area contributed by atoms with E-state index >= 15 is 0 Å². The fourth-order valence-electron chi connectivity index (χ4n) is 2.08. The number of pyridine rings is 1. The Kier molecular flexibility index (Phi) is 4.99. The Hall–Kier alpha value is -1.33. The van der Waals surface area contributed by atoms with Gasteiger partial charge in [0.05, 0.1) is 16.6 Å². The van der Waals surface area contributed by atoms with Crippen molar-refractivity contribution in [1.29, 1.82) is 0 Å². The molecule has 5 heteroatoms. The van der Waals surface area contributed by atoms with E-state index in [1.54, 1.807) is 0 Å². The first kappa shape index (κ1) is 14.1. The summed E-state index contributed by atoms with van der Waals surface area (Å²) in [5.74, 6) is 0.402. The molecule has 1 atom stereocenters. The van der Waals surface area contributed by atoms with Crippen LogP contribution >= 0.6 is 11.5 Å². The molecule has 4 nitrogen and oxygen atoms in total. The van der Waals surface area contributed by atoms with E-state index in [-0.39, 0.29) is 6.04 Å². The monoisotopic (exact) mass is 276 g/mol. The van der Waals surface area contributed by atoms with E-state index < -0.39 is 0 Å². The summed E-state index contributed by atoms with van der Waals surface area (Å²) in [5, 5.41) is 7.79. The van der Waals surface area contributed by atoms with Gasteiger partial charge in [-0.25, -0.2) is 0 Å². The van der Waals surface area contributed by atoms with E-state index in [1.165, 1.54) is 16.4 Å². The molecule has 0 bridgehead atoms.